The SMILES string of the molecule is CCCn1c(N)c(C(=O)CSc2nnc(-c3ccccc3OC)o2)c(=O)[nH]c1=O. The number of carbonyl (C=O) groups excluding carboxylic acids is 1. The second-order valence-electron chi connectivity index (χ2n) is 5.96. The molecule has 0 spiro atoms. The van der Waals surface area contributed by atoms with Crippen LogP contribution in [0.15, 0.2) is 43.5 Å². The van der Waals surface area contributed by atoms with Gasteiger partial charge in [0, 0.05) is 6.54 Å². The summed E-state index contributed by atoms with van der Waals surface area (Å²) in [7, 11) is 1.53. The van der Waals surface area contributed by atoms with Crippen LogP contribution in [0.25, 0.3) is 11.5 Å². The van der Waals surface area contributed by atoms with E-state index in [0.717, 1.165) is 11.8 Å². The van der Waals surface area contributed by atoms with Gasteiger partial charge in [-0.05, 0) is 18.6 Å². The monoisotopic (exact) mass is 417 g/mol. The maximum atomic E-state index is 12.6. The van der Waals surface area contributed by atoms with Gasteiger partial charge in [-0.2, -0.15) is 0 Å². The molecule has 0 aliphatic heterocycles. The highest BCUT2D eigenvalue weighted by molar-refractivity contribution is 7.99. The third kappa shape index (κ3) is 4.24. The number of thioether (sulfide) groups is 1. The zero-order valence-corrected chi connectivity index (χ0v) is 16.6. The molecule has 2 aromatic heterocycles. The maximum Gasteiger partial charge on any atom is 0.329 e. The van der Waals surface area contributed by atoms with Crippen LogP contribution in [-0.2, 0) is 6.54 Å². The van der Waals surface area contributed by atoms with Gasteiger partial charge in [0.05, 0.1) is 18.4 Å². The van der Waals surface area contributed by atoms with Crippen molar-refractivity contribution in [3.63, 3.8) is 0 Å². The van der Waals surface area contributed by atoms with Gasteiger partial charge in [0.25, 0.3) is 16.7 Å². The van der Waals surface area contributed by atoms with E-state index in [9.17, 15) is 14.4 Å². The summed E-state index contributed by atoms with van der Waals surface area (Å²) < 4.78 is 12.0. The molecule has 0 unspecified atom stereocenters. The van der Waals surface area contributed by atoms with Crippen LogP contribution >= 0.6 is 11.8 Å². The maximum absolute atomic E-state index is 12.6. The van der Waals surface area contributed by atoms with Crippen LogP contribution in [0.1, 0.15) is 23.7 Å². The average Bonchev–Trinajstić information content (AvgIpc) is 3.18. The van der Waals surface area contributed by atoms with Gasteiger partial charge >= 0.3 is 5.69 Å². The van der Waals surface area contributed by atoms with Crippen LogP contribution in [-0.4, -0.2) is 38.4 Å². The first-order chi connectivity index (χ1) is 14.0. The Morgan fingerprint density at radius 3 is 2.79 bits per heavy atom. The molecule has 0 bridgehead atoms. The predicted octanol–water partition coefficient (Wildman–Crippen LogP) is 1.56. The normalized spacial score (nSPS) is 10.8. The lowest BCUT2D eigenvalue weighted by atomic mass is 10.2. The van der Waals surface area contributed by atoms with Crippen molar-refractivity contribution in [1.29, 1.82) is 0 Å². The van der Waals surface area contributed by atoms with Crippen molar-refractivity contribution in [3.8, 4) is 17.2 Å². The molecule has 152 valence electrons. The Hall–Kier alpha value is -3.34. The molecule has 3 N–H and O–H groups in total. The molecule has 0 saturated carbocycles. The molecule has 0 atom stereocenters. The van der Waals surface area contributed by atoms with E-state index in [4.69, 9.17) is 14.9 Å². The lowest BCUT2D eigenvalue weighted by Gasteiger charge is -2.10. The Labute approximate surface area is 169 Å². The number of methoxy groups -OCH3 is 1. The third-order valence-corrected chi connectivity index (χ3v) is 4.85. The van der Waals surface area contributed by atoms with Crippen LogP contribution in [0.5, 0.6) is 5.75 Å². The standard InChI is InChI=1S/C18H19N5O5S/c1-3-8-23-14(19)13(15(25)20-17(23)26)11(24)9-29-18-22-21-16(28-18)10-6-4-5-7-12(10)27-2/h4-7H,3,8-9,19H2,1-2H3,(H,20,25,26). The van der Waals surface area contributed by atoms with Gasteiger partial charge in [0.1, 0.15) is 17.1 Å². The first-order valence-electron chi connectivity index (χ1n) is 8.71. The summed E-state index contributed by atoms with van der Waals surface area (Å²) in [5.41, 5.74) is 4.81. The number of aromatic amines is 1. The summed E-state index contributed by atoms with van der Waals surface area (Å²) in [6.45, 7) is 2.14. The van der Waals surface area contributed by atoms with Gasteiger partial charge in [-0.3, -0.25) is 19.1 Å². The molecular weight excluding hydrogens is 398 g/mol. The quantitative estimate of drug-likeness (QED) is 0.412. The Morgan fingerprint density at radius 1 is 1.31 bits per heavy atom. The summed E-state index contributed by atoms with van der Waals surface area (Å²) in [4.78, 5) is 38.6. The second kappa shape index (κ2) is 8.78. The molecule has 29 heavy (non-hydrogen) atoms. The number of carbonyl (C=O) groups is 1. The van der Waals surface area contributed by atoms with E-state index < -0.39 is 17.0 Å². The predicted molar refractivity (Wildman–Crippen MR) is 107 cm³/mol. The lowest BCUT2D eigenvalue weighted by Crippen LogP contribution is -2.36. The second-order valence-corrected chi connectivity index (χ2v) is 6.88. The summed E-state index contributed by atoms with van der Waals surface area (Å²) >= 11 is 0.967. The van der Waals surface area contributed by atoms with Crippen LogP contribution < -0.4 is 21.7 Å². The van der Waals surface area contributed by atoms with Gasteiger partial charge in [0.15, 0.2) is 5.78 Å². The molecule has 0 saturated heterocycles. The lowest BCUT2D eigenvalue weighted by molar-refractivity contribution is 0.102. The third-order valence-electron chi connectivity index (χ3n) is 4.04. The Kier molecular flexibility index (Phi) is 6.17. The Balaban J connectivity index is 1.79. The molecule has 3 rings (SSSR count). The molecule has 10 nitrogen and oxygen atoms in total. The smallest absolute Gasteiger partial charge is 0.329 e. The molecular formula is C18H19N5O5S. The first-order valence-corrected chi connectivity index (χ1v) is 9.70. The number of ether oxygens (including phenoxy) is 1. The number of anilines is 1. The zero-order valence-electron chi connectivity index (χ0n) is 15.8. The van der Waals surface area contributed by atoms with Crippen molar-refractivity contribution in [3.05, 3.63) is 50.7 Å². The number of aromatic nitrogens is 4. The molecule has 0 aliphatic rings. The molecule has 0 fully saturated rings. The van der Waals surface area contributed by atoms with E-state index >= 15 is 0 Å². The van der Waals surface area contributed by atoms with Crippen LogP contribution in [0.4, 0.5) is 5.82 Å². The topological polar surface area (TPSA) is 146 Å². The highest BCUT2D eigenvalue weighted by atomic mass is 32.2. The molecule has 3 aromatic rings. The number of nitrogens with one attached hydrogen (secondary N) is 1. The van der Waals surface area contributed by atoms with Gasteiger partial charge in [-0.15, -0.1) is 10.2 Å². The minimum Gasteiger partial charge on any atom is -0.496 e. The summed E-state index contributed by atoms with van der Waals surface area (Å²) in [6, 6.07) is 7.14. The summed E-state index contributed by atoms with van der Waals surface area (Å²) in [5, 5.41) is 8.02. The van der Waals surface area contributed by atoms with Crippen molar-refractivity contribution in [1.82, 2.24) is 19.7 Å². The molecule has 0 aliphatic carbocycles. The van der Waals surface area contributed by atoms with Crippen LogP contribution in [0, 0.1) is 0 Å². The average molecular weight is 417 g/mol. The highest BCUT2D eigenvalue weighted by Crippen LogP contribution is 2.30. The number of nitrogens with two attached hydrogens (primary N) is 1. The number of ketones is 1. The van der Waals surface area contributed by atoms with Crippen molar-refractivity contribution >= 4 is 23.4 Å². The number of rotatable bonds is 8. The van der Waals surface area contributed by atoms with E-state index in [0.29, 0.717) is 24.3 Å². The first kappa shape index (κ1) is 20.4. The van der Waals surface area contributed by atoms with Crippen molar-refractivity contribution in [2.45, 2.75) is 25.1 Å². The van der Waals surface area contributed by atoms with Crippen molar-refractivity contribution < 1.29 is 13.9 Å². The molecule has 11 heteroatoms. The van der Waals surface area contributed by atoms with Crippen LogP contribution in [0.3, 0.4) is 0 Å². The minimum atomic E-state index is -0.814. The van der Waals surface area contributed by atoms with Gasteiger partial charge in [-0.25, -0.2) is 4.79 Å². The van der Waals surface area contributed by atoms with E-state index in [2.05, 4.69) is 15.2 Å². The zero-order chi connectivity index (χ0) is 21.0. The Morgan fingerprint density at radius 2 is 2.07 bits per heavy atom. The number of H-pyrrole nitrogens is 1. The number of Topliss-reactive ketones (excluding diaryl/α,β-unsaturated/α-hetero) is 1. The number of hydrogen-bond acceptors (Lipinski definition) is 9. The van der Waals surface area contributed by atoms with Gasteiger partial charge < -0.3 is 14.9 Å². The van der Waals surface area contributed by atoms with E-state index in [1.54, 1.807) is 18.2 Å². The largest absolute Gasteiger partial charge is 0.496 e. The number of hydrogen-bond donors (Lipinski definition) is 2. The number of nitrogens with zero attached hydrogens (tertiary/aromatic N) is 3. The fourth-order valence-electron chi connectivity index (χ4n) is 2.70. The molecule has 1 aromatic carbocycles. The number of benzene rings is 1. The summed E-state index contributed by atoms with van der Waals surface area (Å²) in [5.74, 6) is -0.0415. The van der Waals surface area contributed by atoms with E-state index in [1.165, 1.54) is 11.7 Å². The molecule has 0 amide bonds. The molecule has 2 heterocycles. The van der Waals surface area contributed by atoms with Crippen molar-refractivity contribution in [2.24, 2.45) is 0 Å². The van der Waals surface area contributed by atoms with E-state index in [1.807, 2.05) is 13.0 Å². The summed E-state index contributed by atoms with van der Waals surface area (Å²) in [6.07, 6.45) is 0.617. The van der Waals surface area contributed by atoms with Gasteiger partial charge in [-0.1, -0.05) is 30.8 Å². The fraction of sp³-hybridized carbons (Fsp3) is 0.278. The Bertz CT molecular complexity index is 1150. The van der Waals surface area contributed by atoms with E-state index in [-0.39, 0.29) is 28.2 Å². The van der Waals surface area contributed by atoms with Gasteiger partial charge in [0.2, 0.25) is 0 Å². The minimum absolute atomic E-state index is 0.147. The van der Waals surface area contributed by atoms with Crippen LogP contribution in [0.2, 0.25) is 0 Å². The van der Waals surface area contributed by atoms with Crippen molar-refractivity contribution in [2.75, 3.05) is 18.6 Å². The molecule has 0 radical (unpaired) electrons. The number of para-hydroxylation sites is 1. The fourth-order valence-corrected chi connectivity index (χ4v) is 3.34. The highest BCUT2D eigenvalue weighted by Gasteiger charge is 2.21. The number of nitrogen functional groups attached to an aromatic ring is 1.